The highest BCUT2D eigenvalue weighted by molar-refractivity contribution is 5.77. The first-order chi connectivity index (χ1) is 11.9. The number of alkyl halides is 3. The van der Waals surface area contributed by atoms with Gasteiger partial charge in [-0.05, 0) is 43.7 Å². The summed E-state index contributed by atoms with van der Waals surface area (Å²) >= 11 is 0. The predicted octanol–water partition coefficient (Wildman–Crippen LogP) is 4.90. The van der Waals surface area contributed by atoms with Crippen LogP contribution in [0.4, 0.5) is 13.2 Å². The molecule has 3 aromatic rings. The molecule has 0 aliphatic carbocycles. The van der Waals surface area contributed by atoms with Crippen molar-refractivity contribution < 1.29 is 17.6 Å². The first-order valence-electron chi connectivity index (χ1n) is 7.22. The second-order valence-corrected chi connectivity index (χ2v) is 4.93. The number of benzene rings is 1. The van der Waals surface area contributed by atoms with Crippen molar-refractivity contribution >= 4 is 23.7 Å². The van der Waals surface area contributed by atoms with Crippen molar-refractivity contribution in [3.05, 3.63) is 47.8 Å². The lowest BCUT2D eigenvalue weighted by atomic mass is 10.1. The zero-order valence-corrected chi connectivity index (χ0v) is 13.5. The SMILES string of the molecule is CC=NC=N.Cc1cnccc1-c1nc2cc(C(F)(F)F)ccc2o1. The van der Waals surface area contributed by atoms with Gasteiger partial charge < -0.3 is 4.42 Å². The number of nitrogens with zero attached hydrogens (tertiary/aromatic N) is 3. The highest BCUT2D eigenvalue weighted by Gasteiger charge is 2.31. The Kier molecular flexibility index (Phi) is 5.63. The maximum atomic E-state index is 12.6. The number of hydrogen-bond donors (Lipinski definition) is 1. The minimum atomic E-state index is -4.39. The summed E-state index contributed by atoms with van der Waals surface area (Å²) in [6.45, 7) is 3.60. The third-order valence-corrected chi connectivity index (χ3v) is 3.19. The van der Waals surface area contributed by atoms with Crippen LogP contribution in [0, 0.1) is 12.3 Å². The molecule has 0 atom stereocenters. The van der Waals surface area contributed by atoms with Crippen LogP contribution in [0.2, 0.25) is 0 Å². The largest absolute Gasteiger partial charge is 0.436 e. The van der Waals surface area contributed by atoms with Crippen LogP contribution in [0.5, 0.6) is 0 Å². The lowest BCUT2D eigenvalue weighted by Gasteiger charge is -2.04. The molecule has 1 aromatic carbocycles. The predicted molar refractivity (Wildman–Crippen MR) is 89.9 cm³/mol. The van der Waals surface area contributed by atoms with E-state index < -0.39 is 11.7 Å². The van der Waals surface area contributed by atoms with Gasteiger partial charge in [-0.1, -0.05) is 0 Å². The number of aromatic nitrogens is 2. The maximum Gasteiger partial charge on any atom is 0.416 e. The minimum Gasteiger partial charge on any atom is -0.436 e. The van der Waals surface area contributed by atoms with E-state index in [1.807, 2.05) is 6.92 Å². The number of aryl methyl sites for hydroxylation is 1. The van der Waals surface area contributed by atoms with Crippen LogP contribution in [0.15, 0.2) is 46.1 Å². The number of rotatable bonds is 2. The summed E-state index contributed by atoms with van der Waals surface area (Å²) in [5.41, 5.74) is 1.33. The Bertz CT molecular complexity index is 900. The summed E-state index contributed by atoms with van der Waals surface area (Å²) in [6.07, 6.45) is 1.40. The summed E-state index contributed by atoms with van der Waals surface area (Å²) in [5, 5.41) is 6.28. The second-order valence-electron chi connectivity index (χ2n) is 4.93. The Morgan fingerprint density at radius 1 is 1.24 bits per heavy atom. The van der Waals surface area contributed by atoms with Crippen molar-refractivity contribution in [1.82, 2.24) is 9.97 Å². The van der Waals surface area contributed by atoms with Crippen LogP contribution >= 0.6 is 0 Å². The zero-order chi connectivity index (χ0) is 18.4. The standard InChI is InChI=1S/C14H9F3N2O.C3H6N2/c1-8-7-18-5-4-10(8)13-19-11-6-9(14(15,16)17)2-3-12(11)20-13;1-2-5-3-4/h2-7H,1H3;2-4H,1H3. The van der Waals surface area contributed by atoms with E-state index in [0.29, 0.717) is 17.0 Å². The molecule has 0 fully saturated rings. The van der Waals surface area contributed by atoms with Crippen LogP contribution in [-0.4, -0.2) is 22.5 Å². The van der Waals surface area contributed by atoms with Gasteiger partial charge in [-0.25, -0.2) is 4.98 Å². The molecule has 25 heavy (non-hydrogen) atoms. The van der Waals surface area contributed by atoms with Crippen molar-refractivity contribution in [2.45, 2.75) is 20.0 Å². The fourth-order valence-electron chi connectivity index (χ4n) is 2.01. The number of pyridine rings is 1. The molecule has 1 N–H and O–H groups in total. The lowest BCUT2D eigenvalue weighted by Crippen LogP contribution is -2.03. The molecule has 3 rings (SSSR count). The van der Waals surface area contributed by atoms with E-state index in [1.54, 1.807) is 31.6 Å². The number of aliphatic imine (C=N–C) groups is 1. The summed E-state index contributed by atoms with van der Waals surface area (Å²) < 4.78 is 43.4. The van der Waals surface area contributed by atoms with Crippen molar-refractivity contribution in [2.75, 3.05) is 0 Å². The summed E-state index contributed by atoms with van der Waals surface area (Å²) in [5.74, 6) is 0.291. The summed E-state index contributed by atoms with van der Waals surface area (Å²) in [6, 6.07) is 4.96. The molecule has 0 unspecified atom stereocenters. The third kappa shape index (κ3) is 4.50. The van der Waals surface area contributed by atoms with Gasteiger partial charge in [-0.3, -0.25) is 15.4 Å². The van der Waals surface area contributed by atoms with Crippen LogP contribution < -0.4 is 0 Å². The number of fused-ring (bicyclic) bond motifs is 1. The molecule has 0 radical (unpaired) electrons. The lowest BCUT2D eigenvalue weighted by molar-refractivity contribution is -0.137. The van der Waals surface area contributed by atoms with E-state index in [0.717, 1.165) is 24.0 Å². The van der Waals surface area contributed by atoms with Gasteiger partial charge in [0.05, 0.1) is 5.56 Å². The fourth-order valence-corrected chi connectivity index (χ4v) is 2.01. The Morgan fingerprint density at radius 2 is 2.00 bits per heavy atom. The molecular formula is C17H15F3N4O. The van der Waals surface area contributed by atoms with Crippen LogP contribution in [0.25, 0.3) is 22.6 Å². The Morgan fingerprint density at radius 3 is 2.56 bits per heavy atom. The monoisotopic (exact) mass is 348 g/mol. The molecule has 130 valence electrons. The van der Waals surface area contributed by atoms with E-state index in [4.69, 9.17) is 9.83 Å². The molecule has 0 spiro atoms. The second kappa shape index (κ2) is 7.69. The van der Waals surface area contributed by atoms with E-state index in [-0.39, 0.29) is 5.52 Å². The normalized spacial score (nSPS) is 11.4. The Labute approximate surface area is 141 Å². The van der Waals surface area contributed by atoms with E-state index in [2.05, 4.69) is 15.0 Å². The zero-order valence-electron chi connectivity index (χ0n) is 13.5. The molecular weight excluding hydrogens is 333 g/mol. The quantitative estimate of drug-likeness (QED) is 0.528. The molecule has 2 aromatic heterocycles. The Balaban J connectivity index is 0.000000399. The first kappa shape index (κ1) is 18.3. The maximum absolute atomic E-state index is 12.6. The average molecular weight is 348 g/mol. The van der Waals surface area contributed by atoms with Gasteiger partial charge in [0, 0.05) is 24.2 Å². The summed E-state index contributed by atoms with van der Waals surface area (Å²) in [4.78, 5) is 11.5. The van der Waals surface area contributed by atoms with Gasteiger partial charge >= 0.3 is 6.18 Å². The molecule has 0 saturated heterocycles. The minimum absolute atomic E-state index is 0.186. The van der Waals surface area contributed by atoms with Gasteiger partial charge in [0.2, 0.25) is 5.89 Å². The molecule has 0 amide bonds. The highest BCUT2D eigenvalue weighted by Crippen LogP contribution is 2.33. The van der Waals surface area contributed by atoms with Gasteiger partial charge in [0.1, 0.15) is 11.9 Å². The van der Waals surface area contributed by atoms with Crippen molar-refractivity contribution in [3.63, 3.8) is 0 Å². The molecule has 0 bridgehead atoms. The smallest absolute Gasteiger partial charge is 0.416 e. The van der Waals surface area contributed by atoms with Gasteiger partial charge in [0.25, 0.3) is 0 Å². The van der Waals surface area contributed by atoms with Gasteiger partial charge in [0.15, 0.2) is 5.58 Å². The number of hydrogen-bond acceptors (Lipinski definition) is 4. The first-order valence-corrected chi connectivity index (χ1v) is 7.22. The topological polar surface area (TPSA) is 75.1 Å². The van der Waals surface area contributed by atoms with Crippen molar-refractivity contribution in [1.29, 1.82) is 5.41 Å². The summed E-state index contributed by atoms with van der Waals surface area (Å²) in [7, 11) is 0. The van der Waals surface area contributed by atoms with Crippen LogP contribution in [-0.2, 0) is 6.18 Å². The fraction of sp³-hybridized carbons (Fsp3) is 0.176. The molecule has 0 aliphatic rings. The molecule has 8 heteroatoms. The molecule has 0 aliphatic heterocycles. The van der Waals surface area contributed by atoms with Crippen LogP contribution in [0.3, 0.4) is 0 Å². The third-order valence-electron chi connectivity index (χ3n) is 3.19. The highest BCUT2D eigenvalue weighted by atomic mass is 19.4. The number of oxazole rings is 1. The van der Waals surface area contributed by atoms with E-state index in [9.17, 15) is 13.2 Å². The molecule has 2 heterocycles. The number of halogens is 3. The van der Waals surface area contributed by atoms with Crippen LogP contribution in [0.1, 0.15) is 18.1 Å². The van der Waals surface area contributed by atoms with E-state index in [1.165, 1.54) is 6.07 Å². The molecule has 0 saturated carbocycles. The Hall–Kier alpha value is -3.03. The molecule has 5 nitrogen and oxygen atoms in total. The van der Waals surface area contributed by atoms with E-state index >= 15 is 0 Å². The number of nitrogens with one attached hydrogen (secondary N) is 1. The van der Waals surface area contributed by atoms with Crippen molar-refractivity contribution in [3.8, 4) is 11.5 Å². The van der Waals surface area contributed by atoms with Gasteiger partial charge in [-0.2, -0.15) is 13.2 Å². The van der Waals surface area contributed by atoms with Crippen molar-refractivity contribution in [2.24, 2.45) is 4.99 Å². The van der Waals surface area contributed by atoms with Gasteiger partial charge in [-0.15, -0.1) is 0 Å². The average Bonchev–Trinajstić information content (AvgIpc) is 2.98.